The van der Waals surface area contributed by atoms with Crippen LogP contribution in [-0.4, -0.2) is 21.7 Å². The van der Waals surface area contributed by atoms with Crippen molar-refractivity contribution in [1.29, 1.82) is 0 Å². The van der Waals surface area contributed by atoms with Gasteiger partial charge in [-0.3, -0.25) is 0 Å². The van der Waals surface area contributed by atoms with Gasteiger partial charge in [-0.1, -0.05) is 39.0 Å². The average Bonchev–Trinajstić information content (AvgIpc) is 2.53. The van der Waals surface area contributed by atoms with Crippen LogP contribution in [0, 0.1) is 0 Å². The average molecular weight is 285 g/mol. The Kier molecular flexibility index (Phi) is 5.49. The van der Waals surface area contributed by atoms with E-state index in [-0.39, 0.29) is 0 Å². The molecule has 0 spiro atoms. The summed E-state index contributed by atoms with van der Waals surface area (Å²) < 4.78 is 0. The Hall–Kier alpha value is -2.17. The lowest BCUT2D eigenvalue weighted by Crippen LogP contribution is -2.08. The van der Waals surface area contributed by atoms with E-state index in [1.807, 2.05) is 0 Å². The minimum Gasteiger partial charge on any atom is -0.353 e. The van der Waals surface area contributed by atoms with E-state index in [1.165, 1.54) is 11.1 Å². The Morgan fingerprint density at radius 2 is 1.76 bits per heavy atom. The summed E-state index contributed by atoms with van der Waals surface area (Å²) in [6, 6.07) is 6.40. The molecule has 0 atom stereocenters. The molecule has 2 aromatic rings. The van der Waals surface area contributed by atoms with Crippen LogP contribution in [0.15, 0.2) is 24.4 Å². The summed E-state index contributed by atoms with van der Waals surface area (Å²) in [7, 11) is 0. The van der Waals surface area contributed by atoms with Crippen LogP contribution in [0.25, 0.3) is 0 Å². The minimum absolute atomic E-state index is 0.564. The van der Waals surface area contributed by atoms with Gasteiger partial charge in [0.1, 0.15) is 0 Å². The molecule has 5 nitrogen and oxygen atoms in total. The molecule has 1 aromatic heterocycles. The molecule has 112 valence electrons. The maximum Gasteiger partial charge on any atom is 0.244 e. The van der Waals surface area contributed by atoms with Crippen LogP contribution in [0.2, 0.25) is 0 Å². The molecule has 1 heterocycles. The molecule has 0 bridgehead atoms. The summed E-state index contributed by atoms with van der Waals surface area (Å²) in [5.41, 5.74) is 3.72. The third-order valence-electron chi connectivity index (χ3n) is 3.34. The SMILES string of the molecule is CCCNc1nncc(Nc2c(CC)cccc2CC)n1. The highest BCUT2D eigenvalue weighted by Crippen LogP contribution is 2.25. The predicted molar refractivity (Wildman–Crippen MR) is 87.1 cm³/mol. The Morgan fingerprint density at radius 1 is 1.05 bits per heavy atom. The highest BCUT2D eigenvalue weighted by molar-refractivity contribution is 5.65. The van der Waals surface area contributed by atoms with Crippen LogP contribution in [0.4, 0.5) is 17.5 Å². The number of aromatic nitrogens is 3. The van der Waals surface area contributed by atoms with Crippen LogP contribution in [-0.2, 0) is 12.8 Å². The van der Waals surface area contributed by atoms with Crippen LogP contribution < -0.4 is 10.6 Å². The molecule has 0 aliphatic rings. The Bertz CT molecular complexity index is 560. The van der Waals surface area contributed by atoms with Crippen molar-refractivity contribution < 1.29 is 0 Å². The van der Waals surface area contributed by atoms with Crippen molar-refractivity contribution >= 4 is 17.5 Å². The van der Waals surface area contributed by atoms with Gasteiger partial charge in [-0.05, 0) is 30.4 Å². The second-order valence-electron chi connectivity index (χ2n) is 4.88. The van der Waals surface area contributed by atoms with Gasteiger partial charge < -0.3 is 10.6 Å². The number of hydrogen-bond donors (Lipinski definition) is 2. The standard InChI is InChI=1S/C16H23N5/c1-4-10-17-16-20-14(11-18-21-16)19-15-12(5-2)8-7-9-13(15)6-3/h7-9,11H,4-6,10H2,1-3H3,(H2,17,19,20,21). The molecule has 0 radical (unpaired) electrons. The van der Waals surface area contributed by atoms with Crippen molar-refractivity contribution in [2.45, 2.75) is 40.0 Å². The molecule has 0 saturated carbocycles. The fraction of sp³-hybridized carbons (Fsp3) is 0.438. The van der Waals surface area contributed by atoms with E-state index in [0.717, 1.165) is 37.3 Å². The summed E-state index contributed by atoms with van der Waals surface area (Å²) in [6.45, 7) is 7.27. The van der Waals surface area contributed by atoms with Crippen molar-refractivity contribution in [3.05, 3.63) is 35.5 Å². The third kappa shape index (κ3) is 3.90. The van der Waals surface area contributed by atoms with E-state index in [4.69, 9.17) is 0 Å². The lowest BCUT2D eigenvalue weighted by atomic mass is 10.0. The van der Waals surface area contributed by atoms with E-state index >= 15 is 0 Å². The lowest BCUT2D eigenvalue weighted by molar-refractivity contribution is 0.913. The first-order valence-corrected chi connectivity index (χ1v) is 7.59. The lowest BCUT2D eigenvalue weighted by Gasteiger charge is -2.14. The van der Waals surface area contributed by atoms with Crippen LogP contribution in [0.3, 0.4) is 0 Å². The Morgan fingerprint density at radius 3 is 2.38 bits per heavy atom. The van der Waals surface area contributed by atoms with Crippen molar-refractivity contribution in [1.82, 2.24) is 15.2 Å². The number of nitrogens with zero attached hydrogens (tertiary/aromatic N) is 3. The zero-order valence-corrected chi connectivity index (χ0v) is 13.0. The van der Waals surface area contributed by atoms with Crippen molar-refractivity contribution in [2.24, 2.45) is 0 Å². The van der Waals surface area contributed by atoms with Gasteiger partial charge in [0.25, 0.3) is 0 Å². The fourth-order valence-corrected chi connectivity index (χ4v) is 2.21. The second kappa shape index (κ2) is 7.57. The van der Waals surface area contributed by atoms with Crippen molar-refractivity contribution in [3.8, 4) is 0 Å². The van der Waals surface area contributed by atoms with Gasteiger partial charge in [0.05, 0.1) is 6.20 Å². The molecule has 0 unspecified atom stereocenters. The largest absolute Gasteiger partial charge is 0.353 e. The quantitative estimate of drug-likeness (QED) is 0.814. The van der Waals surface area contributed by atoms with Gasteiger partial charge in [0.15, 0.2) is 5.82 Å². The fourth-order valence-electron chi connectivity index (χ4n) is 2.21. The Labute approximate surface area is 126 Å². The number of anilines is 3. The molecule has 2 N–H and O–H groups in total. The normalized spacial score (nSPS) is 10.4. The first-order valence-electron chi connectivity index (χ1n) is 7.59. The monoisotopic (exact) mass is 285 g/mol. The number of hydrogen-bond acceptors (Lipinski definition) is 5. The van der Waals surface area contributed by atoms with Gasteiger partial charge in [0, 0.05) is 12.2 Å². The van der Waals surface area contributed by atoms with Gasteiger partial charge >= 0.3 is 0 Å². The maximum atomic E-state index is 4.46. The molecule has 0 saturated heterocycles. The summed E-state index contributed by atoms with van der Waals surface area (Å²) in [4.78, 5) is 4.46. The van der Waals surface area contributed by atoms with Gasteiger partial charge in [-0.15, -0.1) is 5.10 Å². The zero-order chi connectivity index (χ0) is 15.1. The van der Waals surface area contributed by atoms with Gasteiger partial charge in [0.2, 0.25) is 5.95 Å². The van der Waals surface area contributed by atoms with Crippen molar-refractivity contribution in [3.63, 3.8) is 0 Å². The molecular weight excluding hydrogens is 262 g/mol. The highest BCUT2D eigenvalue weighted by Gasteiger charge is 2.08. The second-order valence-corrected chi connectivity index (χ2v) is 4.88. The summed E-state index contributed by atoms with van der Waals surface area (Å²) in [5, 5.41) is 14.6. The molecule has 0 fully saturated rings. The van der Waals surface area contributed by atoms with E-state index < -0.39 is 0 Å². The summed E-state index contributed by atoms with van der Waals surface area (Å²) in [5.74, 6) is 1.29. The maximum absolute atomic E-state index is 4.46. The van der Waals surface area contributed by atoms with E-state index in [9.17, 15) is 0 Å². The van der Waals surface area contributed by atoms with E-state index in [0.29, 0.717) is 5.95 Å². The smallest absolute Gasteiger partial charge is 0.244 e. The molecular formula is C16H23N5. The molecule has 1 aromatic carbocycles. The molecule has 0 amide bonds. The predicted octanol–water partition coefficient (Wildman–Crippen LogP) is 3.56. The number of aryl methyl sites for hydroxylation is 2. The first kappa shape index (κ1) is 15.2. The Balaban J connectivity index is 2.25. The van der Waals surface area contributed by atoms with Gasteiger partial charge in [-0.2, -0.15) is 10.1 Å². The van der Waals surface area contributed by atoms with Gasteiger partial charge in [-0.25, -0.2) is 0 Å². The molecule has 0 aliphatic heterocycles. The third-order valence-corrected chi connectivity index (χ3v) is 3.34. The van der Waals surface area contributed by atoms with E-state index in [1.54, 1.807) is 6.20 Å². The number of nitrogens with one attached hydrogen (secondary N) is 2. The summed E-state index contributed by atoms with van der Waals surface area (Å²) >= 11 is 0. The zero-order valence-electron chi connectivity index (χ0n) is 13.0. The molecule has 2 rings (SSSR count). The van der Waals surface area contributed by atoms with Crippen LogP contribution in [0.1, 0.15) is 38.3 Å². The topological polar surface area (TPSA) is 62.7 Å². The van der Waals surface area contributed by atoms with Crippen LogP contribution in [0.5, 0.6) is 0 Å². The first-order chi connectivity index (χ1) is 10.3. The van der Waals surface area contributed by atoms with Crippen molar-refractivity contribution in [2.75, 3.05) is 17.2 Å². The molecule has 21 heavy (non-hydrogen) atoms. The number of para-hydroxylation sites is 1. The molecule has 5 heteroatoms. The van der Waals surface area contributed by atoms with E-state index in [2.05, 4.69) is 64.8 Å². The minimum atomic E-state index is 0.564. The van der Waals surface area contributed by atoms with Crippen LogP contribution >= 0.6 is 0 Å². The number of benzene rings is 1. The highest BCUT2D eigenvalue weighted by atomic mass is 15.3. The summed E-state index contributed by atoms with van der Waals surface area (Å²) in [6.07, 6.45) is 4.65. The number of rotatable bonds is 7. The molecule has 0 aliphatic carbocycles.